The van der Waals surface area contributed by atoms with E-state index in [9.17, 15) is 14.7 Å². The first-order valence-electron chi connectivity index (χ1n) is 7.87. The SMILES string of the molecule is CC(C)C(NC(=O)c1ccco1)C(=O)NCCc1cccc(O)c1. The number of benzene rings is 1. The van der Waals surface area contributed by atoms with E-state index in [0.29, 0.717) is 13.0 Å². The van der Waals surface area contributed by atoms with E-state index in [-0.39, 0.29) is 23.3 Å². The Kier molecular flexibility index (Phi) is 6.01. The van der Waals surface area contributed by atoms with Crippen LogP contribution in [0, 0.1) is 5.92 Å². The molecule has 0 radical (unpaired) electrons. The monoisotopic (exact) mass is 330 g/mol. The van der Waals surface area contributed by atoms with Crippen LogP contribution >= 0.6 is 0 Å². The van der Waals surface area contributed by atoms with Crippen LogP contribution in [0.1, 0.15) is 30.0 Å². The lowest BCUT2D eigenvalue weighted by atomic mass is 10.0. The third-order valence-corrected chi connectivity index (χ3v) is 3.60. The van der Waals surface area contributed by atoms with E-state index in [1.807, 2.05) is 19.9 Å². The van der Waals surface area contributed by atoms with Crippen molar-refractivity contribution < 1.29 is 19.1 Å². The zero-order chi connectivity index (χ0) is 17.5. The maximum Gasteiger partial charge on any atom is 0.287 e. The van der Waals surface area contributed by atoms with Gasteiger partial charge in [0.25, 0.3) is 5.91 Å². The minimum atomic E-state index is -0.647. The molecule has 0 aliphatic heterocycles. The molecule has 3 N–H and O–H groups in total. The lowest BCUT2D eigenvalue weighted by molar-refractivity contribution is -0.123. The Bertz CT molecular complexity index is 680. The van der Waals surface area contributed by atoms with Gasteiger partial charge in [-0.2, -0.15) is 0 Å². The summed E-state index contributed by atoms with van der Waals surface area (Å²) < 4.78 is 5.04. The molecule has 24 heavy (non-hydrogen) atoms. The van der Waals surface area contributed by atoms with Crippen LogP contribution in [-0.2, 0) is 11.2 Å². The number of nitrogens with one attached hydrogen (secondary N) is 2. The second-order valence-corrected chi connectivity index (χ2v) is 5.88. The molecule has 1 aromatic carbocycles. The molecule has 2 amide bonds. The van der Waals surface area contributed by atoms with E-state index in [1.54, 1.807) is 30.3 Å². The van der Waals surface area contributed by atoms with E-state index in [1.165, 1.54) is 6.26 Å². The third-order valence-electron chi connectivity index (χ3n) is 3.60. The Balaban J connectivity index is 1.88. The lowest BCUT2D eigenvalue weighted by Crippen LogP contribution is -2.50. The minimum absolute atomic E-state index is 0.0651. The molecule has 1 atom stereocenters. The Hall–Kier alpha value is -2.76. The van der Waals surface area contributed by atoms with Gasteiger partial charge in [0.2, 0.25) is 5.91 Å². The smallest absolute Gasteiger partial charge is 0.287 e. The van der Waals surface area contributed by atoms with Gasteiger partial charge < -0.3 is 20.2 Å². The molecule has 1 unspecified atom stereocenters. The number of hydrogen-bond acceptors (Lipinski definition) is 4. The number of aromatic hydroxyl groups is 1. The number of phenolic OH excluding ortho intramolecular Hbond substituents is 1. The number of furan rings is 1. The van der Waals surface area contributed by atoms with Crippen LogP contribution in [0.15, 0.2) is 47.1 Å². The fourth-order valence-electron chi connectivity index (χ4n) is 2.31. The molecule has 0 spiro atoms. The van der Waals surface area contributed by atoms with E-state index in [2.05, 4.69) is 10.6 Å². The van der Waals surface area contributed by atoms with E-state index in [4.69, 9.17) is 4.42 Å². The highest BCUT2D eigenvalue weighted by Crippen LogP contribution is 2.11. The summed E-state index contributed by atoms with van der Waals surface area (Å²) in [6.07, 6.45) is 2.01. The molecule has 2 rings (SSSR count). The first-order chi connectivity index (χ1) is 11.5. The molecule has 6 nitrogen and oxygen atoms in total. The normalized spacial score (nSPS) is 12.0. The number of carbonyl (C=O) groups excluding carboxylic acids is 2. The van der Waals surface area contributed by atoms with Crippen molar-refractivity contribution in [2.45, 2.75) is 26.3 Å². The van der Waals surface area contributed by atoms with Crippen molar-refractivity contribution in [3.8, 4) is 5.75 Å². The van der Waals surface area contributed by atoms with Gasteiger partial charge in [0.1, 0.15) is 11.8 Å². The number of hydrogen-bond donors (Lipinski definition) is 3. The highest BCUT2D eigenvalue weighted by Gasteiger charge is 2.25. The van der Waals surface area contributed by atoms with Crippen molar-refractivity contribution in [3.05, 3.63) is 54.0 Å². The van der Waals surface area contributed by atoms with Gasteiger partial charge >= 0.3 is 0 Å². The van der Waals surface area contributed by atoms with Crippen LogP contribution in [0.3, 0.4) is 0 Å². The quantitative estimate of drug-likeness (QED) is 0.725. The molecule has 128 valence electrons. The number of carbonyl (C=O) groups is 2. The first-order valence-corrected chi connectivity index (χ1v) is 7.87. The Morgan fingerprint density at radius 2 is 2.00 bits per heavy atom. The van der Waals surface area contributed by atoms with Crippen molar-refractivity contribution in [1.29, 1.82) is 0 Å². The fraction of sp³-hybridized carbons (Fsp3) is 0.333. The van der Waals surface area contributed by atoms with Crippen LogP contribution in [0.25, 0.3) is 0 Å². The maximum atomic E-state index is 12.3. The summed E-state index contributed by atoms with van der Waals surface area (Å²) in [6.45, 7) is 4.14. The second kappa shape index (κ2) is 8.19. The zero-order valence-electron chi connectivity index (χ0n) is 13.8. The largest absolute Gasteiger partial charge is 0.508 e. The molecule has 0 saturated carbocycles. The molecule has 1 heterocycles. The van der Waals surface area contributed by atoms with Crippen LogP contribution in [0.5, 0.6) is 5.75 Å². The molecule has 0 fully saturated rings. The number of amides is 2. The minimum Gasteiger partial charge on any atom is -0.508 e. The highest BCUT2D eigenvalue weighted by molar-refractivity contribution is 5.95. The molecule has 0 saturated heterocycles. The van der Waals surface area contributed by atoms with Crippen molar-refractivity contribution in [2.24, 2.45) is 5.92 Å². The van der Waals surface area contributed by atoms with Gasteiger partial charge in [0.05, 0.1) is 6.26 Å². The van der Waals surface area contributed by atoms with Crippen LogP contribution in [-0.4, -0.2) is 29.5 Å². The molecular weight excluding hydrogens is 308 g/mol. The summed E-state index contributed by atoms with van der Waals surface area (Å²) in [5, 5.41) is 14.9. The lowest BCUT2D eigenvalue weighted by Gasteiger charge is -2.21. The topological polar surface area (TPSA) is 91.6 Å². The van der Waals surface area contributed by atoms with Gasteiger partial charge in [-0.1, -0.05) is 26.0 Å². The number of phenols is 1. The Morgan fingerprint density at radius 3 is 2.62 bits per heavy atom. The maximum absolute atomic E-state index is 12.3. The average Bonchev–Trinajstić information content (AvgIpc) is 3.06. The number of rotatable bonds is 7. The molecule has 2 aromatic rings. The van der Waals surface area contributed by atoms with Gasteiger partial charge in [-0.05, 0) is 42.2 Å². The first kappa shape index (κ1) is 17.6. The Labute approximate surface area is 140 Å². The molecule has 0 aliphatic carbocycles. The van der Waals surface area contributed by atoms with Gasteiger partial charge in [-0.3, -0.25) is 9.59 Å². The van der Waals surface area contributed by atoms with E-state index < -0.39 is 11.9 Å². The van der Waals surface area contributed by atoms with E-state index >= 15 is 0 Å². The van der Waals surface area contributed by atoms with Gasteiger partial charge in [0.15, 0.2) is 5.76 Å². The molecule has 0 bridgehead atoms. The summed E-state index contributed by atoms with van der Waals surface area (Å²) in [5.41, 5.74) is 0.927. The summed E-state index contributed by atoms with van der Waals surface area (Å²) in [6, 6.07) is 9.41. The second-order valence-electron chi connectivity index (χ2n) is 5.88. The van der Waals surface area contributed by atoms with Gasteiger partial charge in [-0.25, -0.2) is 0 Å². The third kappa shape index (κ3) is 4.87. The van der Waals surface area contributed by atoms with Gasteiger partial charge in [0, 0.05) is 6.54 Å². The molecule has 6 heteroatoms. The van der Waals surface area contributed by atoms with Crippen LogP contribution < -0.4 is 10.6 Å². The molecular formula is C18H22N2O4. The zero-order valence-corrected chi connectivity index (χ0v) is 13.8. The van der Waals surface area contributed by atoms with Crippen molar-refractivity contribution in [1.82, 2.24) is 10.6 Å². The summed E-state index contributed by atoms with van der Waals surface area (Å²) in [7, 11) is 0. The predicted molar refractivity (Wildman–Crippen MR) is 89.6 cm³/mol. The van der Waals surface area contributed by atoms with Gasteiger partial charge in [-0.15, -0.1) is 0 Å². The fourth-order valence-corrected chi connectivity index (χ4v) is 2.31. The summed E-state index contributed by atoms with van der Waals surface area (Å²) >= 11 is 0. The Morgan fingerprint density at radius 1 is 1.21 bits per heavy atom. The van der Waals surface area contributed by atoms with Crippen molar-refractivity contribution in [2.75, 3.05) is 6.54 Å². The average molecular weight is 330 g/mol. The summed E-state index contributed by atoms with van der Waals surface area (Å²) in [4.78, 5) is 24.4. The van der Waals surface area contributed by atoms with E-state index in [0.717, 1.165) is 5.56 Å². The standard InChI is InChI=1S/C18H22N2O4/c1-12(2)16(20-17(22)15-7-4-10-24-15)18(23)19-9-8-13-5-3-6-14(21)11-13/h3-7,10-12,16,21H,8-9H2,1-2H3,(H,19,23)(H,20,22). The van der Waals surface area contributed by atoms with Crippen LogP contribution in [0.4, 0.5) is 0 Å². The predicted octanol–water partition coefficient (Wildman–Crippen LogP) is 2.10. The molecule has 1 aromatic heterocycles. The van der Waals surface area contributed by atoms with Crippen molar-refractivity contribution in [3.63, 3.8) is 0 Å². The summed E-state index contributed by atoms with van der Waals surface area (Å²) in [5.74, 6) is -0.352. The molecule has 0 aliphatic rings. The van der Waals surface area contributed by atoms with Crippen LogP contribution in [0.2, 0.25) is 0 Å². The van der Waals surface area contributed by atoms with Crippen molar-refractivity contribution >= 4 is 11.8 Å². The highest BCUT2D eigenvalue weighted by atomic mass is 16.3.